The maximum atomic E-state index is 13.7. The molecule has 0 amide bonds. The summed E-state index contributed by atoms with van der Waals surface area (Å²) in [6.45, 7) is 0.977. The summed E-state index contributed by atoms with van der Waals surface area (Å²) in [4.78, 5) is 5.88. The van der Waals surface area contributed by atoms with Crippen molar-refractivity contribution in [2.45, 2.75) is 50.4 Å². The highest BCUT2D eigenvalue weighted by Crippen LogP contribution is 2.43. The molecular weight excluding hydrogens is 431 g/mol. The molecule has 0 radical (unpaired) electrons. The van der Waals surface area contributed by atoms with Gasteiger partial charge in [-0.1, -0.05) is 18.2 Å². The molecule has 2 aliphatic carbocycles. The van der Waals surface area contributed by atoms with Gasteiger partial charge in [-0.3, -0.25) is 5.41 Å². The van der Waals surface area contributed by atoms with Crippen molar-refractivity contribution in [1.29, 1.82) is 5.41 Å². The number of halogens is 1. The SMILES string of the molecule is CNc1ccc(C2CCC(CNc3cccc(-c4cnc(C5CC5)s4)c3)CC2)cc1C(=N)F. The molecule has 0 atom stereocenters. The van der Waals surface area contributed by atoms with Gasteiger partial charge >= 0.3 is 0 Å². The molecule has 33 heavy (non-hydrogen) atoms. The number of hydrogen-bond acceptors (Lipinski definition) is 5. The Morgan fingerprint density at radius 1 is 1.06 bits per heavy atom. The molecule has 5 rings (SSSR count). The summed E-state index contributed by atoms with van der Waals surface area (Å²) in [5.74, 6) is 0.923. The van der Waals surface area contributed by atoms with Gasteiger partial charge in [0.25, 0.3) is 0 Å². The summed E-state index contributed by atoms with van der Waals surface area (Å²) in [6, 6.07) is 14.5. The lowest BCUT2D eigenvalue weighted by molar-refractivity contribution is 0.338. The van der Waals surface area contributed by atoms with E-state index >= 15 is 0 Å². The Morgan fingerprint density at radius 2 is 1.85 bits per heavy atom. The van der Waals surface area contributed by atoms with Crippen LogP contribution < -0.4 is 10.6 Å². The first-order valence-electron chi connectivity index (χ1n) is 12.0. The van der Waals surface area contributed by atoms with Crippen molar-refractivity contribution >= 4 is 28.7 Å². The first-order chi connectivity index (χ1) is 16.1. The molecule has 2 saturated carbocycles. The quantitative estimate of drug-likeness (QED) is 0.305. The smallest absolute Gasteiger partial charge is 0.214 e. The van der Waals surface area contributed by atoms with E-state index in [4.69, 9.17) is 5.41 Å². The number of nitrogens with one attached hydrogen (secondary N) is 3. The molecule has 0 spiro atoms. The monoisotopic (exact) mass is 462 g/mol. The van der Waals surface area contributed by atoms with Crippen LogP contribution in [0.3, 0.4) is 0 Å². The Bertz CT molecular complexity index is 1130. The van der Waals surface area contributed by atoms with E-state index in [9.17, 15) is 4.39 Å². The fourth-order valence-corrected chi connectivity index (χ4v) is 5.98. The van der Waals surface area contributed by atoms with Crippen molar-refractivity contribution in [2.24, 2.45) is 5.92 Å². The summed E-state index contributed by atoms with van der Waals surface area (Å²) >= 11 is 1.83. The van der Waals surface area contributed by atoms with Gasteiger partial charge in [-0.05, 0) is 85.8 Å². The molecule has 0 saturated heterocycles. The predicted octanol–water partition coefficient (Wildman–Crippen LogP) is 7.41. The van der Waals surface area contributed by atoms with Crippen LogP contribution in [-0.4, -0.2) is 24.5 Å². The fraction of sp³-hybridized carbons (Fsp3) is 0.407. The molecule has 6 heteroatoms. The van der Waals surface area contributed by atoms with Crippen molar-refractivity contribution in [3.8, 4) is 10.4 Å². The molecule has 2 aliphatic rings. The second kappa shape index (κ2) is 9.64. The lowest BCUT2D eigenvalue weighted by Crippen LogP contribution is -2.20. The van der Waals surface area contributed by atoms with E-state index < -0.39 is 5.97 Å². The molecule has 4 nitrogen and oxygen atoms in total. The van der Waals surface area contributed by atoms with Gasteiger partial charge in [-0.15, -0.1) is 11.3 Å². The molecule has 3 aromatic rings. The predicted molar refractivity (Wildman–Crippen MR) is 137 cm³/mol. The van der Waals surface area contributed by atoms with Crippen molar-refractivity contribution in [1.82, 2.24) is 4.98 Å². The third-order valence-electron chi connectivity index (χ3n) is 7.06. The van der Waals surface area contributed by atoms with Crippen LogP contribution in [0.2, 0.25) is 0 Å². The Kier molecular flexibility index (Phi) is 6.45. The largest absolute Gasteiger partial charge is 0.388 e. The van der Waals surface area contributed by atoms with Crippen molar-refractivity contribution in [2.75, 3.05) is 24.2 Å². The average Bonchev–Trinajstić information content (AvgIpc) is 3.59. The van der Waals surface area contributed by atoms with E-state index in [1.165, 1.54) is 34.0 Å². The van der Waals surface area contributed by atoms with Crippen LogP contribution in [0.15, 0.2) is 48.7 Å². The van der Waals surface area contributed by atoms with Crippen LogP contribution >= 0.6 is 11.3 Å². The molecule has 3 N–H and O–H groups in total. The number of hydrogen-bond donors (Lipinski definition) is 3. The number of anilines is 2. The molecule has 0 unspecified atom stereocenters. The first-order valence-corrected chi connectivity index (χ1v) is 12.8. The minimum Gasteiger partial charge on any atom is -0.388 e. The zero-order valence-electron chi connectivity index (χ0n) is 19.0. The van der Waals surface area contributed by atoms with Gasteiger partial charge in [0.15, 0.2) is 0 Å². The minimum atomic E-state index is -0.872. The normalized spacial score (nSPS) is 20.4. The fourth-order valence-electron chi connectivity index (χ4n) is 4.90. The van der Waals surface area contributed by atoms with Crippen LogP contribution in [0.1, 0.15) is 66.5 Å². The average molecular weight is 463 g/mol. The highest BCUT2D eigenvalue weighted by molar-refractivity contribution is 7.15. The maximum absolute atomic E-state index is 13.7. The van der Waals surface area contributed by atoms with Crippen LogP contribution in [0.25, 0.3) is 10.4 Å². The van der Waals surface area contributed by atoms with Gasteiger partial charge in [-0.25, -0.2) is 4.98 Å². The second-order valence-electron chi connectivity index (χ2n) is 9.39. The topological polar surface area (TPSA) is 60.8 Å². The summed E-state index contributed by atoms with van der Waals surface area (Å²) < 4.78 is 13.7. The van der Waals surface area contributed by atoms with Gasteiger partial charge in [0, 0.05) is 37.1 Å². The number of aromatic nitrogens is 1. The molecule has 0 aliphatic heterocycles. The Labute approximate surface area is 199 Å². The number of benzene rings is 2. The maximum Gasteiger partial charge on any atom is 0.214 e. The molecule has 2 fully saturated rings. The summed E-state index contributed by atoms with van der Waals surface area (Å²) in [6.07, 6.45) is 9.14. The van der Waals surface area contributed by atoms with Crippen LogP contribution in [0.5, 0.6) is 0 Å². The Balaban J connectivity index is 1.16. The second-order valence-corrected chi connectivity index (χ2v) is 10.4. The van der Waals surface area contributed by atoms with E-state index in [2.05, 4.69) is 45.9 Å². The third kappa shape index (κ3) is 5.11. The summed E-state index contributed by atoms with van der Waals surface area (Å²) in [5, 5.41) is 15.4. The standard InChI is InChI=1S/C27H31FN4S/c1-30-24-12-11-20(14-23(24)26(28)29)18-7-5-17(6-8-18)15-31-22-4-2-3-21(13-22)25-16-32-27(33-25)19-9-10-19/h2-4,11-14,16-19,29-31H,5-10,15H2,1H3. The highest BCUT2D eigenvalue weighted by atomic mass is 32.1. The van der Waals surface area contributed by atoms with Gasteiger partial charge < -0.3 is 10.6 Å². The minimum absolute atomic E-state index is 0.365. The van der Waals surface area contributed by atoms with Gasteiger partial charge in [-0.2, -0.15) is 4.39 Å². The lowest BCUT2D eigenvalue weighted by Gasteiger charge is -2.29. The summed E-state index contributed by atoms with van der Waals surface area (Å²) in [5.41, 5.74) is 4.61. The van der Waals surface area contributed by atoms with E-state index in [1.54, 1.807) is 7.05 Å². The molecule has 1 aromatic heterocycles. The zero-order chi connectivity index (χ0) is 22.8. The van der Waals surface area contributed by atoms with Gasteiger partial charge in [0.2, 0.25) is 5.97 Å². The molecule has 172 valence electrons. The van der Waals surface area contributed by atoms with E-state index in [0.29, 0.717) is 29.0 Å². The number of thiazole rings is 1. The zero-order valence-corrected chi connectivity index (χ0v) is 19.9. The van der Waals surface area contributed by atoms with Crippen molar-refractivity contribution < 1.29 is 4.39 Å². The molecule has 1 heterocycles. The molecular formula is C27H31FN4S. The van der Waals surface area contributed by atoms with Gasteiger partial charge in [0.05, 0.1) is 15.4 Å². The summed E-state index contributed by atoms with van der Waals surface area (Å²) in [7, 11) is 1.76. The number of rotatable bonds is 8. The van der Waals surface area contributed by atoms with E-state index in [-0.39, 0.29) is 0 Å². The van der Waals surface area contributed by atoms with Gasteiger partial charge in [0.1, 0.15) is 0 Å². The van der Waals surface area contributed by atoms with E-state index in [0.717, 1.165) is 37.8 Å². The molecule has 0 bridgehead atoms. The highest BCUT2D eigenvalue weighted by Gasteiger charge is 2.27. The van der Waals surface area contributed by atoms with Crippen LogP contribution in [0, 0.1) is 11.3 Å². The number of nitrogens with zero attached hydrogens (tertiary/aromatic N) is 1. The third-order valence-corrected chi connectivity index (χ3v) is 8.27. The first kappa shape index (κ1) is 22.1. The van der Waals surface area contributed by atoms with Crippen molar-refractivity contribution in [3.05, 3.63) is 64.8 Å². The molecule has 2 aromatic carbocycles. The van der Waals surface area contributed by atoms with Crippen molar-refractivity contribution in [3.63, 3.8) is 0 Å². The van der Waals surface area contributed by atoms with Crippen LogP contribution in [-0.2, 0) is 0 Å². The Morgan fingerprint density at radius 3 is 2.58 bits per heavy atom. The van der Waals surface area contributed by atoms with E-state index in [1.807, 2.05) is 29.7 Å². The Hall–Kier alpha value is -2.73. The lowest BCUT2D eigenvalue weighted by atomic mass is 9.78. The van der Waals surface area contributed by atoms with Crippen LogP contribution in [0.4, 0.5) is 15.8 Å².